The number of carbonyl (C=O) groups excluding carboxylic acids is 1. The smallest absolute Gasteiger partial charge is 0.368 e. The molecule has 8 heteroatoms. The number of benzene rings is 1. The van der Waals surface area contributed by atoms with Gasteiger partial charge in [-0.2, -0.15) is 13.2 Å². The number of fused-ring (bicyclic) bond motifs is 1. The molecule has 0 radical (unpaired) electrons. The average Bonchev–Trinajstić information content (AvgIpc) is 3.16. The van der Waals surface area contributed by atoms with Gasteiger partial charge >= 0.3 is 6.18 Å². The molecule has 1 saturated carbocycles. The number of imidazole rings is 1. The number of rotatable bonds is 4. The molecule has 1 aromatic carbocycles. The Bertz CT molecular complexity index is 992. The highest BCUT2D eigenvalue weighted by atomic mass is 19.4. The van der Waals surface area contributed by atoms with Crippen molar-refractivity contribution >= 4 is 17.4 Å². The largest absolute Gasteiger partial charge is 0.434 e. The zero-order valence-corrected chi connectivity index (χ0v) is 15.6. The summed E-state index contributed by atoms with van der Waals surface area (Å²) in [6, 6.07) is 14.3. The summed E-state index contributed by atoms with van der Waals surface area (Å²) < 4.78 is 40.3. The molecule has 0 spiro atoms. The van der Waals surface area contributed by atoms with Crippen molar-refractivity contribution in [3.63, 3.8) is 0 Å². The fraction of sp³-hybridized carbons (Fsp3) is 0.333. The van der Waals surface area contributed by atoms with Crippen molar-refractivity contribution < 1.29 is 18.0 Å². The van der Waals surface area contributed by atoms with E-state index in [1.54, 1.807) is 30.3 Å². The lowest BCUT2D eigenvalue weighted by Gasteiger charge is -2.30. The van der Waals surface area contributed by atoms with Gasteiger partial charge in [0.2, 0.25) is 0 Å². The first-order valence-electron chi connectivity index (χ1n) is 9.58. The number of nitrogens with zero attached hydrogens (tertiary/aromatic N) is 2. The van der Waals surface area contributed by atoms with Gasteiger partial charge in [-0.3, -0.25) is 9.20 Å². The Balaban J connectivity index is 1.37. The standard InChI is InChI=1S/C21H21F3N4O/c22-21(23,24)17-13-28-18(7-4-8-19(28)27-17)25-15-9-11-16(12-10-15)26-20(29)14-5-2-1-3-6-14/h1-8,13,15-16,25H,9-12H2,(H,26,29). The Morgan fingerprint density at radius 1 is 0.966 bits per heavy atom. The van der Waals surface area contributed by atoms with E-state index in [0.717, 1.165) is 31.9 Å². The van der Waals surface area contributed by atoms with E-state index in [1.807, 2.05) is 18.2 Å². The number of halogens is 3. The number of carbonyl (C=O) groups is 1. The lowest BCUT2D eigenvalue weighted by molar-refractivity contribution is -0.140. The number of alkyl halides is 3. The van der Waals surface area contributed by atoms with Gasteiger partial charge in [-0.05, 0) is 49.9 Å². The van der Waals surface area contributed by atoms with Crippen LogP contribution in [0.1, 0.15) is 41.7 Å². The van der Waals surface area contributed by atoms with Crippen molar-refractivity contribution in [2.75, 3.05) is 5.32 Å². The Hall–Kier alpha value is -3.03. The van der Waals surface area contributed by atoms with E-state index >= 15 is 0 Å². The van der Waals surface area contributed by atoms with Gasteiger partial charge in [0.25, 0.3) is 5.91 Å². The summed E-state index contributed by atoms with van der Waals surface area (Å²) in [5.74, 6) is 0.507. The monoisotopic (exact) mass is 402 g/mol. The van der Waals surface area contributed by atoms with E-state index in [9.17, 15) is 18.0 Å². The summed E-state index contributed by atoms with van der Waals surface area (Å²) in [5, 5.41) is 6.40. The average molecular weight is 402 g/mol. The second-order valence-electron chi connectivity index (χ2n) is 7.30. The summed E-state index contributed by atoms with van der Waals surface area (Å²) in [6.07, 6.45) is -0.205. The normalized spacial score (nSPS) is 19.8. The molecule has 0 bridgehead atoms. The van der Waals surface area contributed by atoms with Crippen molar-refractivity contribution in [1.29, 1.82) is 0 Å². The number of hydrogen-bond acceptors (Lipinski definition) is 3. The van der Waals surface area contributed by atoms with Crippen LogP contribution in [0.2, 0.25) is 0 Å². The Labute approximate surface area is 165 Å². The number of aromatic nitrogens is 2. The quantitative estimate of drug-likeness (QED) is 0.675. The van der Waals surface area contributed by atoms with E-state index in [4.69, 9.17) is 0 Å². The summed E-state index contributed by atoms with van der Waals surface area (Å²) >= 11 is 0. The minimum Gasteiger partial charge on any atom is -0.368 e. The van der Waals surface area contributed by atoms with E-state index < -0.39 is 11.9 Å². The predicted octanol–water partition coefficient (Wildman–Crippen LogP) is 4.51. The molecule has 0 atom stereocenters. The number of pyridine rings is 1. The SMILES string of the molecule is O=C(NC1CCC(Nc2cccc3nc(C(F)(F)F)cn23)CC1)c1ccccc1. The molecule has 2 heterocycles. The lowest BCUT2D eigenvalue weighted by Crippen LogP contribution is -2.40. The highest BCUT2D eigenvalue weighted by Gasteiger charge is 2.34. The molecule has 0 unspecified atom stereocenters. The third-order valence-electron chi connectivity index (χ3n) is 5.23. The Morgan fingerprint density at radius 2 is 1.66 bits per heavy atom. The molecule has 1 aliphatic carbocycles. The van der Waals surface area contributed by atoms with Crippen LogP contribution in [0.15, 0.2) is 54.7 Å². The van der Waals surface area contributed by atoms with Gasteiger partial charge in [0, 0.05) is 23.8 Å². The van der Waals surface area contributed by atoms with Crippen LogP contribution < -0.4 is 10.6 Å². The van der Waals surface area contributed by atoms with Crippen LogP contribution in [0.25, 0.3) is 5.65 Å². The van der Waals surface area contributed by atoms with Gasteiger partial charge in [-0.1, -0.05) is 24.3 Å². The van der Waals surface area contributed by atoms with Crippen molar-refractivity contribution in [3.05, 3.63) is 66.0 Å². The van der Waals surface area contributed by atoms with Crippen molar-refractivity contribution in [2.24, 2.45) is 0 Å². The Morgan fingerprint density at radius 3 is 2.34 bits per heavy atom. The van der Waals surface area contributed by atoms with E-state index in [1.165, 1.54) is 4.40 Å². The molecule has 4 rings (SSSR count). The maximum atomic E-state index is 13.0. The molecule has 3 aromatic rings. The molecule has 1 fully saturated rings. The summed E-state index contributed by atoms with van der Waals surface area (Å²) in [6.45, 7) is 0. The molecule has 29 heavy (non-hydrogen) atoms. The molecule has 152 valence electrons. The molecule has 2 N–H and O–H groups in total. The molecular formula is C21H21F3N4O. The zero-order valence-electron chi connectivity index (χ0n) is 15.6. The minimum absolute atomic E-state index is 0.0788. The van der Waals surface area contributed by atoms with Gasteiger partial charge in [0.05, 0.1) is 0 Å². The van der Waals surface area contributed by atoms with Gasteiger partial charge in [-0.15, -0.1) is 0 Å². The van der Waals surface area contributed by atoms with Crippen LogP contribution in [0.4, 0.5) is 19.0 Å². The molecule has 2 aromatic heterocycles. The van der Waals surface area contributed by atoms with Gasteiger partial charge in [0.15, 0.2) is 5.69 Å². The fourth-order valence-electron chi connectivity index (χ4n) is 3.71. The van der Waals surface area contributed by atoms with Gasteiger partial charge < -0.3 is 10.6 Å². The highest BCUT2D eigenvalue weighted by molar-refractivity contribution is 5.94. The van der Waals surface area contributed by atoms with Crippen molar-refractivity contribution in [1.82, 2.24) is 14.7 Å². The fourth-order valence-corrected chi connectivity index (χ4v) is 3.71. The molecule has 0 saturated heterocycles. The number of nitrogens with one attached hydrogen (secondary N) is 2. The van der Waals surface area contributed by atoms with Crippen LogP contribution in [0, 0.1) is 0 Å². The van der Waals surface area contributed by atoms with Crippen molar-refractivity contribution in [3.8, 4) is 0 Å². The summed E-state index contributed by atoms with van der Waals surface area (Å²) in [4.78, 5) is 15.9. The zero-order chi connectivity index (χ0) is 20.4. The molecular weight excluding hydrogens is 381 g/mol. The van der Waals surface area contributed by atoms with E-state index in [-0.39, 0.29) is 23.6 Å². The minimum atomic E-state index is -4.47. The third kappa shape index (κ3) is 4.36. The molecule has 1 aliphatic rings. The molecule has 5 nitrogen and oxygen atoms in total. The van der Waals surface area contributed by atoms with Crippen LogP contribution in [0.3, 0.4) is 0 Å². The maximum absolute atomic E-state index is 13.0. The van der Waals surface area contributed by atoms with Crippen molar-refractivity contribution in [2.45, 2.75) is 43.9 Å². The molecule has 1 amide bonds. The summed E-state index contributed by atoms with van der Waals surface area (Å²) in [7, 11) is 0. The third-order valence-corrected chi connectivity index (χ3v) is 5.23. The first kappa shape index (κ1) is 19.3. The predicted molar refractivity (Wildman–Crippen MR) is 104 cm³/mol. The summed E-state index contributed by atoms with van der Waals surface area (Å²) in [5.41, 5.74) is -0.00905. The Kier molecular flexibility index (Phi) is 5.17. The van der Waals surface area contributed by atoms with Crippen LogP contribution in [-0.4, -0.2) is 27.4 Å². The first-order chi connectivity index (χ1) is 13.9. The second-order valence-corrected chi connectivity index (χ2v) is 7.30. The highest BCUT2D eigenvalue weighted by Crippen LogP contribution is 2.30. The molecule has 0 aliphatic heterocycles. The number of amides is 1. The topological polar surface area (TPSA) is 58.4 Å². The number of anilines is 1. The first-order valence-corrected chi connectivity index (χ1v) is 9.58. The maximum Gasteiger partial charge on any atom is 0.434 e. The second kappa shape index (κ2) is 7.77. The number of hydrogen-bond donors (Lipinski definition) is 2. The lowest BCUT2D eigenvalue weighted by atomic mass is 9.91. The van der Waals surface area contributed by atoms with Crippen LogP contribution in [-0.2, 0) is 6.18 Å². The van der Waals surface area contributed by atoms with E-state index in [2.05, 4.69) is 15.6 Å². The van der Waals surface area contributed by atoms with Gasteiger partial charge in [-0.25, -0.2) is 4.98 Å². The van der Waals surface area contributed by atoms with Crippen LogP contribution in [0.5, 0.6) is 0 Å². The van der Waals surface area contributed by atoms with Crippen LogP contribution >= 0.6 is 0 Å². The van der Waals surface area contributed by atoms with Gasteiger partial charge in [0.1, 0.15) is 11.5 Å². The van der Waals surface area contributed by atoms with E-state index in [0.29, 0.717) is 11.4 Å².